The van der Waals surface area contributed by atoms with Crippen LogP contribution < -0.4 is 20.7 Å². The predicted octanol–water partition coefficient (Wildman–Crippen LogP) is 4.15. The van der Waals surface area contributed by atoms with E-state index in [9.17, 15) is 9.59 Å². The van der Waals surface area contributed by atoms with Crippen molar-refractivity contribution in [1.29, 1.82) is 0 Å². The molecule has 0 fully saturated rings. The first-order chi connectivity index (χ1) is 12.3. The van der Waals surface area contributed by atoms with Crippen molar-refractivity contribution >= 4 is 23.3 Å². The van der Waals surface area contributed by atoms with Gasteiger partial charge in [-0.25, -0.2) is 4.79 Å². The van der Waals surface area contributed by atoms with E-state index in [2.05, 4.69) is 22.0 Å². The smallest absolute Gasteiger partial charge is 0.319 e. The van der Waals surface area contributed by atoms with Crippen molar-refractivity contribution < 1.29 is 14.3 Å². The number of anilines is 2. The third kappa shape index (κ3) is 4.99. The molecule has 0 radical (unpaired) electrons. The summed E-state index contributed by atoms with van der Waals surface area (Å²) in [5.41, 5.74) is 4.39. The summed E-state index contributed by atoms with van der Waals surface area (Å²) < 4.78 is 5.28. The van der Waals surface area contributed by atoms with Crippen LogP contribution in [0, 0.1) is 13.8 Å². The van der Waals surface area contributed by atoms with Gasteiger partial charge in [-0.15, -0.1) is 0 Å². The lowest BCUT2D eigenvalue weighted by molar-refractivity contribution is -0.114. The molecule has 0 aromatic heterocycles. The summed E-state index contributed by atoms with van der Waals surface area (Å²) in [6.45, 7) is 7.40. The van der Waals surface area contributed by atoms with E-state index in [1.165, 1.54) is 14.0 Å². The number of aryl methyl sites for hydroxylation is 2. The van der Waals surface area contributed by atoms with E-state index < -0.39 is 0 Å². The third-order valence-corrected chi connectivity index (χ3v) is 4.02. The minimum Gasteiger partial charge on any atom is -0.495 e. The van der Waals surface area contributed by atoms with E-state index in [0.717, 1.165) is 16.7 Å². The molecular weight excluding hydrogens is 330 g/mol. The quantitative estimate of drug-likeness (QED) is 0.754. The third-order valence-electron chi connectivity index (χ3n) is 4.02. The summed E-state index contributed by atoms with van der Waals surface area (Å²) in [7, 11) is 1.52. The van der Waals surface area contributed by atoms with Gasteiger partial charge in [0.25, 0.3) is 0 Å². The number of benzene rings is 2. The van der Waals surface area contributed by atoms with Crippen LogP contribution in [0.5, 0.6) is 5.75 Å². The van der Waals surface area contributed by atoms with E-state index in [1.54, 1.807) is 18.2 Å². The average molecular weight is 355 g/mol. The molecule has 2 rings (SSSR count). The van der Waals surface area contributed by atoms with Gasteiger partial charge in [-0.1, -0.05) is 23.8 Å². The van der Waals surface area contributed by atoms with Gasteiger partial charge in [-0.3, -0.25) is 4.79 Å². The zero-order chi connectivity index (χ0) is 19.3. The van der Waals surface area contributed by atoms with Gasteiger partial charge >= 0.3 is 6.03 Å². The van der Waals surface area contributed by atoms with Gasteiger partial charge < -0.3 is 20.7 Å². The Morgan fingerprint density at radius 2 is 1.77 bits per heavy atom. The molecule has 0 aliphatic heterocycles. The molecule has 138 valence electrons. The average Bonchev–Trinajstić information content (AvgIpc) is 2.56. The minimum atomic E-state index is -0.350. The first-order valence-electron chi connectivity index (χ1n) is 8.40. The van der Waals surface area contributed by atoms with Gasteiger partial charge in [0.05, 0.1) is 18.8 Å². The second kappa shape index (κ2) is 8.38. The summed E-state index contributed by atoms with van der Waals surface area (Å²) in [6, 6.07) is 10.7. The lowest BCUT2D eigenvalue weighted by Gasteiger charge is -2.19. The normalized spacial score (nSPS) is 11.4. The standard InChI is InChI=1S/C20H25N3O3/c1-12-6-7-13(2)17(10-12)14(3)21-20(25)23-18-11-16(22-15(4)24)8-9-19(18)26-5/h6-11,14H,1-5H3,(H,22,24)(H2,21,23,25)/t14-/m1/s1. The number of carbonyl (C=O) groups is 2. The molecule has 26 heavy (non-hydrogen) atoms. The molecule has 3 N–H and O–H groups in total. The number of hydrogen-bond donors (Lipinski definition) is 3. The number of ether oxygens (including phenoxy) is 1. The fraction of sp³-hybridized carbons (Fsp3) is 0.300. The Kier molecular flexibility index (Phi) is 6.22. The van der Waals surface area contributed by atoms with Crippen molar-refractivity contribution in [3.8, 4) is 5.75 Å². The monoisotopic (exact) mass is 355 g/mol. The summed E-state index contributed by atoms with van der Waals surface area (Å²) in [6.07, 6.45) is 0. The van der Waals surface area contributed by atoms with Crippen LogP contribution in [-0.4, -0.2) is 19.0 Å². The molecule has 0 aliphatic carbocycles. The van der Waals surface area contributed by atoms with E-state index in [4.69, 9.17) is 4.74 Å². The molecule has 6 heteroatoms. The van der Waals surface area contributed by atoms with Gasteiger partial charge in [0.1, 0.15) is 5.75 Å². The molecule has 0 aliphatic rings. The molecule has 3 amide bonds. The zero-order valence-corrected chi connectivity index (χ0v) is 15.8. The molecule has 6 nitrogen and oxygen atoms in total. The number of hydrogen-bond acceptors (Lipinski definition) is 3. The Morgan fingerprint density at radius 1 is 1.04 bits per heavy atom. The number of rotatable bonds is 5. The summed E-state index contributed by atoms with van der Waals surface area (Å²) in [4.78, 5) is 23.6. The Hall–Kier alpha value is -3.02. The Labute approximate surface area is 153 Å². The highest BCUT2D eigenvalue weighted by molar-refractivity contribution is 5.94. The first kappa shape index (κ1) is 19.3. The minimum absolute atomic E-state index is 0.153. The van der Waals surface area contributed by atoms with E-state index in [1.807, 2.05) is 32.9 Å². The van der Waals surface area contributed by atoms with E-state index in [-0.39, 0.29) is 18.0 Å². The molecule has 2 aromatic carbocycles. The van der Waals surface area contributed by atoms with Crippen molar-refractivity contribution in [1.82, 2.24) is 5.32 Å². The fourth-order valence-electron chi connectivity index (χ4n) is 2.75. The highest BCUT2D eigenvalue weighted by Crippen LogP contribution is 2.28. The first-order valence-corrected chi connectivity index (χ1v) is 8.40. The van der Waals surface area contributed by atoms with Crippen LogP contribution in [0.2, 0.25) is 0 Å². The van der Waals surface area contributed by atoms with Gasteiger partial charge in [-0.05, 0) is 50.1 Å². The van der Waals surface area contributed by atoms with E-state index >= 15 is 0 Å². The van der Waals surface area contributed by atoms with Crippen LogP contribution >= 0.6 is 0 Å². The maximum atomic E-state index is 12.4. The number of nitrogens with one attached hydrogen (secondary N) is 3. The number of amides is 3. The Balaban J connectivity index is 2.13. The van der Waals surface area contributed by atoms with Crippen LogP contribution in [0.1, 0.15) is 36.6 Å². The highest BCUT2D eigenvalue weighted by atomic mass is 16.5. The molecule has 0 bridgehead atoms. The molecule has 0 heterocycles. The topological polar surface area (TPSA) is 79.5 Å². The lowest BCUT2D eigenvalue weighted by Crippen LogP contribution is -2.31. The highest BCUT2D eigenvalue weighted by Gasteiger charge is 2.14. The van der Waals surface area contributed by atoms with Gasteiger partial charge in [0, 0.05) is 12.6 Å². The van der Waals surface area contributed by atoms with Crippen LogP contribution in [0.3, 0.4) is 0 Å². The molecule has 0 saturated carbocycles. The second-order valence-electron chi connectivity index (χ2n) is 6.28. The Morgan fingerprint density at radius 3 is 2.42 bits per heavy atom. The predicted molar refractivity (Wildman–Crippen MR) is 104 cm³/mol. The number of methoxy groups -OCH3 is 1. The van der Waals surface area contributed by atoms with Crippen molar-refractivity contribution in [3.05, 3.63) is 53.1 Å². The largest absolute Gasteiger partial charge is 0.495 e. The van der Waals surface area contributed by atoms with Crippen LogP contribution in [-0.2, 0) is 4.79 Å². The summed E-state index contributed by atoms with van der Waals surface area (Å²) in [5, 5.41) is 8.40. The van der Waals surface area contributed by atoms with Crippen molar-refractivity contribution in [2.75, 3.05) is 17.7 Å². The summed E-state index contributed by atoms with van der Waals surface area (Å²) in [5.74, 6) is 0.322. The summed E-state index contributed by atoms with van der Waals surface area (Å²) >= 11 is 0. The molecule has 2 aromatic rings. The van der Waals surface area contributed by atoms with Crippen LogP contribution in [0.25, 0.3) is 0 Å². The zero-order valence-electron chi connectivity index (χ0n) is 15.8. The fourth-order valence-corrected chi connectivity index (χ4v) is 2.75. The molecule has 1 atom stereocenters. The molecular formula is C20H25N3O3. The molecule has 0 unspecified atom stereocenters. The van der Waals surface area contributed by atoms with Crippen LogP contribution in [0.4, 0.5) is 16.2 Å². The number of carbonyl (C=O) groups excluding carboxylic acids is 2. The van der Waals surface area contributed by atoms with Crippen molar-refractivity contribution in [3.63, 3.8) is 0 Å². The Bertz CT molecular complexity index is 818. The van der Waals surface area contributed by atoms with Crippen molar-refractivity contribution in [2.45, 2.75) is 33.7 Å². The second-order valence-corrected chi connectivity index (χ2v) is 6.28. The molecule has 0 spiro atoms. The maximum Gasteiger partial charge on any atom is 0.319 e. The van der Waals surface area contributed by atoms with Crippen molar-refractivity contribution in [2.24, 2.45) is 0 Å². The van der Waals surface area contributed by atoms with E-state index in [0.29, 0.717) is 17.1 Å². The lowest BCUT2D eigenvalue weighted by atomic mass is 10.0. The molecule has 0 saturated heterocycles. The number of urea groups is 1. The SMILES string of the molecule is COc1ccc(NC(C)=O)cc1NC(=O)N[C@H](C)c1cc(C)ccc1C. The van der Waals surface area contributed by atoms with Gasteiger partial charge in [-0.2, -0.15) is 0 Å². The van der Waals surface area contributed by atoms with Crippen LogP contribution in [0.15, 0.2) is 36.4 Å². The van der Waals surface area contributed by atoms with Gasteiger partial charge in [0.2, 0.25) is 5.91 Å². The van der Waals surface area contributed by atoms with Gasteiger partial charge in [0.15, 0.2) is 0 Å². The maximum absolute atomic E-state index is 12.4.